The van der Waals surface area contributed by atoms with Gasteiger partial charge in [-0.15, -0.1) is 0 Å². The Labute approximate surface area is 136 Å². The SMILES string of the molecule is O=C(CNC(=O)c1ccccc1)N/N=C/c1cccc(Br)c1. The van der Waals surface area contributed by atoms with Gasteiger partial charge in [-0.25, -0.2) is 5.43 Å². The minimum Gasteiger partial charge on any atom is -0.343 e. The van der Waals surface area contributed by atoms with Crippen LogP contribution in [0.15, 0.2) is 64.2 Å². The van der Waals surface area contributed by atoms with Gasteiger partial charge in [-0.2, -0.15) is 5.10 Å². The van der Waals surface area contributed by atoms with E-state index in [-0.39, 0.29) is 12.5 Å². The van der Waals surface area contributed by atoms with E-state index in [2.05, 4.69) is 31.8 Å². The molecule has 0 aromatic heterocycles. The van der Waals surface area contributed by atoms with Gasteiger partial charge in [-0.3, -0.25) is 9.59 Å². The Morgan fingerprint density at radius 2 is 1.86 bits per heavy atom. The highest BCUT2D eigenvalue weighted by atomic mass is 79.9. The van der Waals surface area contributed by atoms with E-state index >= 15 is 0 Å². The molecule has 0 aliphatic heterocycles. The highest BCUT2D eigenvalue weighted by Gasteiger charge is 2.06. The molecule has 2 rings (SSSR count). The van der Waals surface area contributed by atoms with Gasteiger partial charge >= 0.3 is 0 Å². The van der Waals surface area contributed by atoms with Crippen molar-refractivity contribution in [2.75, 3.05) is 6.54 Å². The zero-order valence-corrected chi connectivity index (χ0v) is 13.2. The van der Waals surface area contributed by atoms with Gasteiger partial charge in [0.15, 0.2) is 0 Å². The number of carbonyl (C=O) groups is 2. The lowest BCUT2D eigenvalue weighted by atomic mass is 10.2. The minimum atomic E-state index is -0.393. The molecule has 0 bridgehead atoms. The van der Waals surface area contributed by atoms with Gasteiger partial charge in [0.1, 0.15) is 0 Å². The van der Waals surface area contributed by atoms with E-state index in [0.29, 0.717) is 5.56 Å². The molecular weight excluding hydrogens is 346 g/mol. The van der Waals surface area contributed by atoms with Gasteiger partial charge in [0.05, 0.1) is 12.8 Å². The largest absolute Gasteiger partial charge is 0.343 e. The third-order valence-electron chi connectivity index (χ3n) is 2.70. The Hall–Kier alpha value is -2.47. The molecule has 6 heteroatoms. The second kappa shape index (κ2) is 8.09. The lowest BCUT2D eigenvalue weighted by Crippen LogP contribution is -2.34. The molecule has 2 aromatic rings. The van der Waals surface area contributed by atoms with Gasteiger partial charge in [0.25, 0.3) is 11.8 Å². The first-order valence-electron chi connectivity index (χ1n) is 6.56. The zero-order valence-electron chi connectivity index (χ0n) is 11.6. The van der Waals surface area contributed by atoms with Crippen LogP contribution < -0.4 is 10.7 Å². The van der Waals surface area contributed by atoms with E-state index in [1.165, 1.54) is 6.21 Å². The highest BCUT2D eigenvalue weighted by molar-refractivity contribution is 9.10. The van der Waals surface area contributed by atoms with Gasteiger partial charge in [0, 0.05) is 10.0 Å². The van der Waals surface area contributed by atoms with Crippen LogP contribution in [0.25, 0.3) is 0 Å². The van der Waals surface area contributed by atoms with Gasteiger partial charge < -0.3 is 5.32 Å². The first kappa shape index (κ1) is 15.9. The van der Waals surface area contributed by atoms with Crippen LogP contribution in [0.1, 0.15) is 15.9 Å². The summed E-state index contributed by atoms with van der Waals surface area (Å²) in [4.78, 5) is 23.3. The average Bonchev–Trinajstić information content (AvgIpc) is 2.53. The molecule has 2 N–H and O–H groups in total. The van der Waals surface area contributed by atoms with Crippen molar-refractivity contribution in [2.24, 2.45) is 5.10 Å². The van der Waals surface area contributed by atoms with E-state index in [4.69, 9.17) is 0 Å². The molecule has 0 spiro atoms. The van der Waals surface area contributed by atoms with Crippen molar-refractivity contribution in [2.45, 2.75) is 0 Å². The monoisotopic (exact) mass is 359 g/mol. The molecule has 0 saturated carbocycles. The topological polar surface area (TPSA) is 70.6 Å². The van der Waals surface area contributed by atoms with Crippen LogP contribution in [0.2, 0.25) is 0 Å². The maximum Gasteiger partial charge on any atom is 0.259 e. The molecule has 2 amide bonds. The van der Waals surface area contributed by atoms with Crippen molar-refractivity contribution in [3.8, 4) is 0 Å². The predicted octanol–water partition coefficient (Wildman–Crippen LogP) is 2.33. The lowest BCUT2D eigenvalue weighted by molar-refractivity contribution is -0.120. The van der Waals surface area contributed by atoms with Crippen LogP contribution in [0.5, 0.6) is 0 Å². The van der Waals surface area contributed by atoms with Crippen LogP contribution in [0.4, 0.5) is 0 Å². The fourth-order valence-electron chi connectivity index (χ4n) is 1.66. The number of rotatable bonds is 5. The molecule has 0 aliphatic rings. The zero-order chi connectivity index (χ0) is 15.8. The van der Waals surface area contributed by atoms with E-state index in [1.54, 1.807) is 24.3 Å². The summed E-state index contributed by atoms with van der Waals surface area (Å²) in [5.74, 6) is -0.692. The third kappa shape index (κ3) is 5.14. The number of nitrogens with one attached hydrogen (secondary N) is 2. The molecule has 2 aromatic carbocycles. The molecule has 0 unspecified atom stereocenters. The number of amides is 2. The Balaban J connectivity index is 1.77. The minimum absolute atomic E-state index is 0.135. The summed E-state index contributed by atoms with van der Waals surface area (Å²) < 4.78 is 0.929. The summed E-state index contributed by atoms with van der Waals surface area (Å²) in [6, 6.07) is 16.2. The Morgan fingerprint density at radius 3 is 2.59 bits per heavy atom. The molecule has 0 aliphatic carbocycles. The Kier molecular flexibility index (Phi) is 5.85. The molecule has 112 valence electrons. The van der Waals surface area contributed by atoms with Crippen LogP contribution in [-0.4, -0.2) is 24.6 Å². The summed E-state index contributed by atoms with van der Waals surface area (Å²) in [6.07, 6.45) is 1.53. The fourth-order valence-corrected chi connectivity index (χ4v) is 2.07. The first-order valence-corrected chi connectivity index (χ1v) is 7.35. The summed E-state index contributed by atoms with van der Waals surface area (Å²) >= 11 is 3.35. The van der Waals surface area contributed by atoms with Crippen molar-refractivity contribution in [1.29, 1.82) is 0 Å². The maximum absolute atomic E-state index is 11.7. The first-order chi connectivity index (χ1) is 10.6. The van der Waals surface area contributed by atoms with Crippen molar-refractivity contribution < 1.29 is 9.59 Å². The average molecular weight is 360 g/mol. The van der Waals surface area contributed by atoms with E-state index < -0.39 is 5.91 Å². The highest BCUT2D eigenvalue weighted by Crippen LogP contribution is 2.09. The quantitative estimate of drug-likeness (QED) is 0.635. The lowest BCUT2D eigenvalue weighted by Gasteiger charge is -2.03. The second-order valence-corrected chi connectivity index (χ2v) is 5.31. The summed E-state index contributed by atoms with van der Waals surface area (Å²) in [7, 11) is 0. The van der Waals surface area contributed by atoms with Crippen LogP contribution in [0.3, 0.4) is 0 Å². The smallest absolute Gasteiger partial charge is 0.259 e. The molecule has 0 heterocycles. The van der Waals surface area contributed by atoms with Crippen molar-refractivity contribution in [1.82, 2.24) is 10.7 Å². The van der Waals surface area contributed by atoms with Crippen molar-refractivity contribution >= 4 is 34.0 Å². The Bertz CT molecular complexity index is 687. The number of hydrazone groups is 1. The molecule has 0 saturated heterocycles. The fraction of sp³-hybridized carbons (Fsp3) is 0.0625. The van der Waals surface area contributed by atoms with Crippen molar-refractivity contribution in [3.05, 3.63) is 70.2 Å². The molecule has 5 nitrogen and oxygen atoms in total. The van der Waals surface area contributed by atoms with Gasteiger partial charge in [-0.1, -0.05) is 46.3 Å². The van der Waals surface area contributed by atoms with Crippen LogP contribution in [0, 0.1) is 0 Å². The normalized spacial score (nSPS) is 10.4. The molecule has 0 fully saturated rings. The second-order valence-electron chi connectivity index (χ2n) is 4.40. The number of carbonyl (C=O) groups excluding carboxylic acids is 2. The van der Waals surface area contributed by atoms with Gasteiger partial charge in [-0.05, 0) is 29.8 Å². The van der Waals surface area contributed by atoms with Crippen molar-refractivity contribution in [3.63, 3.8) is 0 Å². The number of hydrogen-bond acceptors (Lipinski definition) is 3. The predicted molar refractivity (Wildman–Crippen MR) is 88.7 cm³/mol. The van der Waals surface area contributed by atoms with E-state index in [0.717, 1.165) is 10.0 Å². The Morgan fingerprint density at radius 1 is 1.09 bits per heavy atom. The molecule has 0 atom stereocenters. The number of benzene rings is 2. The number of halogens is 1. The third-order valence-corrected chi connectivity index (χ3v) is 3.19. The molecular formula is C16H14BrN3O2. The number of hydrogen-bond donors (Lipinski definition) is 2. The van der Waals surface area contributed by atoms with Gasteiger partial charge in [0.2, 0.25) is 0 Å². The standard InChI is InChI=1S/C16H14BrN3O2/c17-14-8-4-5-12(9-14)10-19-20-15(21)11-18-16(22)13-6-2-1-3-7-13/h1-10H,11H2,(H,18,22)(H,20,21)/b19-10+. The maximum atomic E-state index is 11.7. The molecule has 0 radical (unpaired) electrons. The summed E-state index contributed by atoms with van der Waals surface area (Å²) in [5.41, 5.74) is 3.72. The van der Waals surface area contributed by atoms with E-state index in [1.807, 2.05) is 30.3 Å². The van der Waals surface area contributed by atoms with E-state index in [9.17, 15) is 9.59 Å². The van der Waals surface area contributed by atoms with Crippen LogP contribution in [-0.2, 0) is 4.79 Å². The number of nitrogens with zero attached hydrogens (tertiary/aromatic N) is 1. The summed E-state index contributed by atoms with van der Waals surface area (Å²) in [6.45, 7) is -0.135. The summed E-state index contributed by atoms with van der Waals surface area (Å²) in [5, 5.41) is 6.36. The van der Waals surface area contributed by atoms with Crippen LogP contribution >= 0.6 is 15.9 Å². The molecule has 22 heavy (non-hydrogen) atoms.